The zero-order valence-electron chi connectivity index (χ0n) is 8.84. The molecule has 1 aromatic heterocycles. The van der Waals surface area contributed by atoms with Gasteiger partial charge in [0.05, 0.1) is 0 Å². The highest BCUT2D eigenvalue weighted by atomic mass is 32.2. The van der Waals surface area contributed by atoms with E-state index in [2.05, 4.69) is 0 Å². The van der Waals surface area contributed by atoms with Crippen LogP contribution in [0.4, 0.5) is 4.39 Å². The van der Waals surface area contributed by atoms with E-state index in [9.17, 15) is 13.2 Å². The first kappa shape index (κ1) is 12.4. The van der Waals surface area contributed by atoms with E-state index in [1.165, 1.54) is 23.5 Å². The van der Waals surface area contributed by atoms with Gasteiger partial charge in [0.1, 0.15) is 5.82 Å². The molecule has 0 saturated heterocycles. The Balaban J connectivity index is 2.36. The third-order valence-corrected chi connectivity index (χ3v) is 3.81. The van der Waals surface area contributed by atoms with Gasteiger partial charge in [0.25, 0.3) is 0 Å². The molecule has 0 aliphatic heterocycles. The van der Waals surface area contributed by atoms with Crippen LogP contribution in [0.1, 0.15) is 17.0 Å². The van der Waals surface area contributed by atoms with Crippen LogP contribution in [0.2, 0.25) is 0 Å². The van der Waals surface area contributed by atoms with Crippen molar-refractivity contribution in [1.82, 2.24) is 0 Å². The smallest absolute Gasteiger partial charge is 0.123 e. The van der Waals surface area contributed by atoms with Crippen molar-refractivity contribution in [3.05, 3.63) is 58.0 Å². The summed E-state index contributed by atoms with van der Waals surface area (Å²) in [6, 6.07) is 7.95. The van der Waals surface area contributed by atoms with Gasteiger partial charge in [-0.15, -0.1) is 0 Å². The van der Waals surface area contributed by atoms with Crippen molar-refractivity contribution in [2.75, 3.05) is 5.75 Å². The number of rotatable bonds is 4. The van der Waals surface area contributed by atoms with Gasteiger partial charge in [0, 0.05) is 11.7 Å². The molecule has 0 aliphatic rings. The molecule has 90 valence electrons. The maximum atomic E-state index is 13.2. The fourth-order valence-corrected chi connectivity index (χ4v) is 3.09. The molecular weight excluding hydrogens is 259 g/mol. The highest BCUT2D eigenvalue weighted by molar-refractivity contribution is 7.79. The lowest BCUT2D eigenvalue weighted by atomic mass is 9.95. The van der Waals surface area contributed by atoms with Gasteiger partial charge in [-0.2, -0.15) is 11.3 Å². The van der Waals surface area contributed by atoms with Crippen molar-refractivity contribution in [1.29, 1.82) is 0 Å². The second kappa shape index (κ2) is 5.53. The Labute approximate surface area is 105 Å². The first-order valence-electron chi connectivity index (χ1n) is 5.00. The van der Waals surface area contributed by atoms with Crippen molar-refractivity contribution < 1.29 is 13.2 Å². The SMILES string of the molecule is O=S([O-])CC(c1ccsc1)c1cccc(F)c1. The molecule has 0 bridgehead atoms. The summed E-state index contributed by atoms with van der Waals surface area (Å²) in [5.74, 6) is -0.671. The second-order valence-corrected chi connectivity index (χ2v) is 5.36. The lowest BCUT2D eigenvalue weighted by Crippen LogP contribution is -2.10. The van der Waals surface area contributed by atoms with Crippen LogP contribution in [0.3, 0.4) is 0 Å². The van der Waals surface area contributed by atoms with Crippen LogP contribution >= 0.6 is 11.3 Å². The summed E-state index contributed by atoms with van der Waals surface area (Å²) in [5, 5.41) is 3.78. The minimum atomic E-state index is -2.16. The normalized spacial score (nSPS) is 14.5. The van der Waals surface area contributed by atoms with E-state index in [4.69, 9.17) is 0 Å². The summed E-state index contributed by atoms with van der Waals surface area (Å²) in [5.41, 5.74) is 1.59. The molecule has 0 fully saturated rings. The Morgan fingerprint density at radius 3 is 2.76 bits per heavy atom. The summed E-state index contributed by atoms with van der Waals surface area (Å²) < 4.78 is 34.9. The minimum absolute atomic E-state index is 0.0276. The summed E-state index contributed by atoms with van der Waals surface area (Å²) in [7, 11) is 0. The minimum Gasteiger partial charge on any atom is -0.772 e. The molecular formula is C12H10FO2S2-. The van der Waals surface area contributed by atoms with E-state index in [1.54, 1.807) is 12.1 Å². The van der Waals surface area contributed by atoms with Crippen LogP contribution < -0.4 is 0 Å². The van der Waals surface area contributed by atoms with Crippen molar-refractivity contribution in [2.45, 2.75) is 5.92 Å². The van der Waals surface area contributed by atoms with Crippen LogP contribution in [-0.4, -0.2) is 14.5 Å². The summed E-state index contributed by atoms with van der Waals surface area (Å²) in [4.78, 5) is 0. The molecule has 0 N–H and O–H groups in total. The lowest BCUT2D eigenvalue weighted by molar-refractivity contribution is 0.533. The average Bonchev–Trinajstić information content (AvgIpc) is 2.79. The summed E-state index contributed by atoms with van der Waals surface area (Å²) >= 11 is -0.656. The van der Waals surface area contributed by atoms with Crippen LogP contribution in [0.25, 0.3) is 0 Å². The lowest BCUT2D eigenvalue weighted by Gasteiger charge is -2.18. The first-order chi connectivity index (χ1) is 8.16. The maximum Gasteiger partial charge on any atom is 0.123 e. The Hall–Kier alpha value is -1.04. The van der Waals surface area contributed by atoms with Gasteiger partial charge in [-0.05, 0) is 40.1 Å². The average molecular weight is 269 g/mol. The molecule has 0 aliphatic carbocycles. The van der Waals surface area contributed by atoms with E-state index in [-0.39, 0.29) is 17.5 Å². The van der Waals surface area contributed by atoms with Crippen LogP contribution in [-0.2, 0) is 11.1 Å². The quantitative estimate of drug-likeness (QED) is 0.801. The number of halogens is 1. The van der Waals surface area contributed by atoms with Gasteiger partial charge in [0.2, 0.25) is 0 Å². The predicted octanol–water partition coefficient (Wildman–Crippen LogP) is 2.90. The topological polar surface area (TPSA) is 40.1 Å². The fourth-order valence-electron chi connectivity index (χ4n) is 1.72. The molecule has 0 saturated carbocycles. The zero-order chi connectivity index (χ0) is 12.3. The molecule has 0 amide bonds. The highest BCUT2D eigenvalue weighted by Crippen LogP contribution is 2.27. The summed E-state index contributed by atoms with van der Waals surface area (Å²) in [6.45, 7) is 0. The molecule has 1 heterocycles. The van der Waals surface area contributed by atoms with E-state index in [0.29, 0.717) is 5.56 Å². The van der Waals surface area contributed by atoms with Gasteiger partial charge in [0.15, 0.2) is 0 Å². The third kappa shape index (κ3) is 3.21. The molecule has 17 heavy (non-hydrogen) atoms. The van der Waals surface area contributed by atoms with Crippen LogP contribution in [0.5, 0.6) is 0 Å². The van der Waals surface area contributed by atoms with E-state index >= 15 is 0 Å². The molecule has 1 aromatic carbocycles. The molecule has 2 atom stereocenters. The highest BCUT2D eigenvalue weighted by Gasteiger charge is 2.15. The monoisotopic (exact) mass is 269 g/mol. The predicted molar refractivity (Wildman–Crippen MR) is 66.3 cm³/mol. The van der Waals surface area contributed by atoms with Crippen LogP contribution in [0.15, 0.2) is 41.1 Å². The number of hydrogen-bond donors (Lipinski definition) is 0. The Bertz CT molecular complexity index is 511. The van der Waals surface area contributed by atoms with Gasteiger partial charge in [-0.1, -0.05) is 23.2 Å². The molecule has 5 heteroatoms. The largest absolute Gasteiger partial charge is 0.772 e. The Kier molecular flexibility index (Phi) is 4.04. The Morgan fingerprint density at radius 2 is 2.18 bits per heavy atom. The van der Waals surface area contributed by atoms with Gasteiger partial charge >= 0.3 is 0 Å². The van der Waals surface area contributed by atoms with E-state index in [0.717, 1.165) is 5.56 Å². The van der Waals surface area contributed by atoms with E-state index in [1.807, 2.05) is 16.8 Å². The Morgan fingerprint density at radius 1 is 1.35 bits per heavy atom. The molecule has 2 unspecified atom stereocenters. The van der Waals surface area contributed by atoms with Crippen molar-refractivity contribution in [3.63, 3.8) is 0 Å². The zero-order valence-corrected chi connectivity index (χ0v) is 10.5. The van der Waals surface area contributed by atoms with Crippen molar-refractivity contribution >= 4 is 22.4 Å². The first-order valence-corrected chi connectivity index (χ1v) is 7.19. The standard InChI is InChI=1S/C12H11FO2S2/c13-11-3-1-2-9(6-11)12(8-17(14)15)10-4-5-16-7-10/h1-7,12H,8H2,(H,14,15)/p-1. The van der Waals surface area contributed by atoms with E-state index < -0.39 is 11.1 Å². The maximum absolute atomic E-state index is 13.2. The second-order valence-electron chi connectivity index (χ2n) is 3.63. The number of benzene rings is 1. The van der Waals surface area contributed by atoms with Gasteiger partial charge in [-0.25, -0.2) is 4.39 Å². The molecule has 2 aromatic rings. The van der Waals surface area contributed by atoms with Crippen molar-refractivity contribution in [2.24, 2.45) is 0 Å². The van der Waals surface area contributed by atoms with Gasteiger partial charge in [-0.3, -0.25) is 4.21 Å². The van der Waals surface area contributed by atoms with Crippen LogP contribution in [0, 0.1) is 5.82 Å². The summed E-state index contributed by atoms with van der Waals surface area (Å²) in [6.07, 6.45) is 0. The van der Waals surface area contributed by atoms with Gasteiger partial charge < -0.3 is 4.55 Å². The fraction of sp³-hybridized carbons (Fsp3) is 0.167. The molecule has 0 radical (unpaired) electrons. The molecule has 2 rings (SSSR count). The number of hydrogen-bond acceptors (Lipinski definition) is 3. The number of thiophene rings is 1. The molecule has 2 nitrogen and oxygen atoms in total. The van der Waals surface area contributed by atoms with Crippen molar-refractivity contribution in [3.8, 4) is 0 Å². The third-order valence-electron chi connectivity index (χ3n) is 2.50. The molecule has 0 spiro atoms.